The molecule has 1 fully saturated rings. The summed E-state index contributed by atoms with van der Waals surface area (Å²) in [4.78, 5) is 23.3. The van der Waals surface area contributed by atoms with Crippen molar-refractivity contribution in [2.24, 2.45) is 0 Å². The molecule has 0 saturated heterocycles. The van der Waals surface area contributed by atoms with Gasteiger partial charge in [-0.25, -0.2) is 9.97 Å². The molecule has 1 aromatic heterocycles. The van der Waals surface area contributed by atoms with Crippen molar-refractivity contribution in [1.29, 1.82) is 0 Å². The molecule has 5 heteroatoms. The van der Waals surface area contributed by atoms with Crippen LogP contribution in [0.25, 0.3) is 0 Å². The van der Waals surface area contributed by atoms with Gasteiger partial charge in [-0.15, -0.1) is 0 Å². The Kier molecular flexibility index (Phi) is 4.15. The van der Waals surface area contributed by atoms with E-state index >= 15 is 0 Å². The van der Waals surface area contributed by atoms with Gasteiger partial charge in [0.15, 0.2) is 5.82 Å². The molecule has 0 unspecified atom stereocenters. The first-order chi connectivity index (χ1) is 11.8. The predicted octanol–water partition coefficient (Wildman–Crippen LogP) is 3.23. The second-order valence-corrected chi connectivity index (χ2v) is 6.60. The highest BCUT2D eigenvalue weighted by atomic mass is 16.1. The first-order valence-electron chi connectivity index (χ1n) is 8.79. The van der Waals surface area contributed by atoms with E-state index in [0.29, 0.717) is 5.69 Å². The first-order valence-corrected chi connectivity index (χ1v) is 8.79. The van der Waals surface area contributed by atoms with Crippen LogP contribution >= 0.6 is 0 Å². The minimum atomic E-state index is -0.109. The molecule has 1 aliphatic carbocycles. The lowest BCUT2D eigenvalue weighted by Crippen LogP contribution is -2.36. The SMILES string of the molecule is O=C(NC1CCCCC1)c1cnc(N2CCc3ccccc32)cn1. The van der Waals surface area contributed by atoms with E-state index < -0.39 is 0 Å². The van der Waals surface area contributed by atoms with Crippen LogP contribution in [-0.2, 0) is 6.42 Å². The van der Waals surface area contributed by atoms with Gasteiger partial charge in [-0.1, -0.05) is 37.5 Å². The second kappa shape index (κ2) is 6.59. The highest BCUT2D eigenvalue weighted by Crippen LogP contribution is 2.32. The van der Waals surface area contributed by atoms with Crippen LogP contribution in [0.2, 0.25) is 0 Å². The summed E-state index contributed by atoms with van der Waals surface area (Å²) in [5, 5.41) is 3.08. The van der Waals surface area contributed by atoms with E-state index in [4.69, 9.17) is 0 Å². The molecule has 5 nitrogen and oxygen atoms in total. The van der Waals surface area contributed by atoms with E-state index in [9.17, 15) is 4.79 Å². The van der Waals surface area contributed by atoms with Crippen LogP contribution in [0.5, 0.6) is 0 Å². The Hall–Kier alpha value is -2.43. The van der Waals surface area contributed by atoms with Gasteiger partial charge in [0.2, 0.25) is 0 Å². The van der Waals surface area contributed by atoms with Crippen molar-refractivity contribution in [3.8, 4) is 0 Å². The number of anilines is 2. The number of rotatable bonds is 3. The summed E-state index contributed by atoms with van der Waals surface area (Å²) in [5.41, 5.74) is 2.92. The van der Waals surface area contributed by atoms with Crippen molar-refractivity contribution in [1.82, 2.24) is 15.3 Å². The fourth-order valence-electron chi connectivity index (χ4n) is 3.66. The second-order valence-electron chi connectivity index (χ2n) is 6.60. The number of benzene rings is 1. The Bertz CT molecular complexity index is 722. The Labute approximate surface area is 142 Å². The molecule has 2 aromatic rings. The van der Waals surface area contributed by atoms with Gasteiger partial charge in [0.25, 0.3) is 5.91 Å². The zero-order valence-electron chi connectivity index (χ0n) is 13.7. The summed E-state index contributed by atoms with van der Waals surface area (Å²) in [6, 6.07) is 8.64. The van der Waals surface area contributed by atoms with Gasteiger partial charge in [0.1, 0.15) is 5.69 Å². The van der Waals surface area contributed by atoms with Gasteiger partial charge >= 0.3 is 0 Å². The maximum atomic E-state index is 12.3. The van der Waals surface area contributed by atoms with Gasteiger partial charge in [-0.2, -0.15) is 0 Å². The lowest BCUT2D eigenvalue weighted by Gasteiger charge is -2.22. The number of hydrogen-bond donors (Lipinski definition) is 1. The normalized spacial score (nSPS) is 17.6. The number of nitrogens with one attached hydrogen (secondary N) is 1. The standard InChI is InChI=1S/C19H22N4O/c24-19(22-15-7-2-1-3-8-15)16-12-21-18(13-20-16)23-11-10-14-6-4-5-9-17(14)23/h4-6,9,12-13,15H,1-3,7-8,10-11H2,(H,22,24). The van der Waals surface area contributed by atoms with E-state index in [0.717, 1.165) is 31.6 Å². The Morgan fingerprint density at radius 2 is 1.92 bits per heavy atom. The molecule has 0 radical (unpaired) electrons. The number of carbonyl (C=O) groups is 1. The number of hydrogen-bond acceptors (Lipinski definition) is 4. The van der Waals surface area contributed by atoms with Crippen LogP contribution in [-0.4, -0.2) is 28.5 Å². The third-order valence-electron chi connectivity index (χ3n) is 4.97. The summed E-state index contributed by atoms with van der Waals surface area (Å²) in [6.07, 6.45) is 10.1. The Morgan fingerprint density at radius 3 is 2.71 bits per heavy atom. The van der Waals surface area contributed by atoms with Crippen LogP contribution in [0, 0.1) is 0 Å². The molecule has 1 aromatic carbocycles. The average Bonchev–Trinajstić information content (AvgIpc) is 3.07. The van der Waals surface area contributed by atoms with E-state index in [1.54, 1.807) is 12.4 Å². The fraction of sp³-hybridized carbons (Fsp3) is 0.421. The number of para-hydroxylation sites is 1. The third-order valence-corrected chi connectivity index (χ3v) is 4.97. The molecule has 2 heterocycles. The molecule has 1 amide bonds. The van der Waals surface area contributed by atoms with Crippen molar-refractivity contribution in [3.05, 3.63) is 47.9 Å². The molecule has 124 valence electrons. The molecule has 0 spiro atoms. The van der Waals surface area contributed by atoms with Crippen LogP contribution in [0.1, 0.15) is 48.2 Å². The Morgan fingerprint density at radius 1 is 1.08 bits per heavy atom. The number of amides is 1. The van der Waals surface area contributed by atoms with Crippen molar-refractivity contribution in [2.75, 3.05) is 11.4 Å². The van der Waals surface area contributed by atoms with Gasteiger partial charge in [0.05, 0.1) is 12.4 Å². The summed E-state index contributed by atoms with van der Waals surface area (Å²) >= 11 is 0. The highest BCUT2D eigenvalue weighted by molar-refractivity contribution is 5.92. The largest absolute Gasteiger partial charge is 0.348 e. The van der Waals surface area contributed by atoms with Gasteiger partial charge < -0.3 is 10.2 Å². The zero-order chi connectivity index (χ0) is 16.4. The predicted molar refractivity (Wildman–Crippen MR) is 93.5 cm³/mol. The third kappa shape index (κ3) is 2.98. The van der Waals surface area contributed by atoms with Crippen LogP contribution in [0.15, 0.2) is 36.7 Å². The van der Waals surface area contributed by atoms with E-state index in [2.05, 4.69) is 38.4 Å². The topological polar surface area (TPSA) is 58.1 Å². The molecular weight excluding hydrogens is 300 g/mol. The molecular formula is C19H22N4O. The molecule has 2 aliphatic rings. The summed E-state index contributed by atoms with van der Waals surface area (Å²) < 4.78 is 0. The molecule has 1 aliphatic heterocycles. The summed E-state index contributed by atoms with van der Waals surface area (Å²) in [5.74, 6) is 0.692. The van der Waals surface area contributed by atoms with Crippen molar-refractivity contribution < 1.29 is 4.79 Å². The molecule has 24 heavy (non-hydrogen) atoms. The molecule has 0 bridgehead atoms. The van der Waals surface area contributed by atoms with Crippen molar-refractivity contribution >= 4 is 17.4 Å². The molecule has 0 atom stereocenters. The lowest BCUT2D eigenvalue weighted by atomic mass is 9.95. The molecule has 1 saturated carbocycles. The Balaban J connectivity index is 1.46. The molecule has 1 N–H and O–H groups in total. The number of aromatic nitrogens is 2. The van der Waals surface area contributed by atoms with Crippen LogP contribution < -0.4 is 10.2 Å². The maximum absolute atomic E-state index is 12.3. The van der Waals surface area contributed by atoms with Crippen molar-refractivity contribution in [3.63, 3.8) is 0 Å². The smallest absolute Gasteiger partial charge is 0.271 e. The van der Waals surface area contributed by atoms with Gasteiger partial charge in [-0.05, 0) is 30.9 Å². The summed E-state index contributed by atoms with van der Waals surface area (Å²) in [6.45, 7) is 0.904. The van der Waals surface area contributed by atoms with E-state index in [1.165, 1.54) is 30.5 Å². The lowest BCUT2D eigenvalue weighted by molar-refractivity contribution is 0.0922. The van der Waals surface area contributed by atoms with E-state index in [1.807, 2.05) is 6.07 Å². The minimum Gasteiger partial charge on any atom is -0.348 e. The maximum Gasteiger partial charge on any atom is 0.271 e. The fourth-order valence-corrected chi connectivity index (χ4v) is 3.66. The van der Waals surface area contributed by atoms with E-state index in [-0.39, 0.29) is 11.9 Å². The van der Waals surface area contributed by atoms with Crippen molar-refractivity contribution in [2.45, 2.75) is 44.6 Å². The quantitative estimate of drug-likeness (QED) is 0.942. The minimum absolute atomic E-state index is 0.109. The number of carbonyl (C=O) groups excluding carboxylic acids is 1. The van der Waals surface area contributed by atoms with Crippen LogP contribution in [0.3, 0.4) is 0 Å². The molecule has 4 rings (SSSR count). The highest BCUT2D eigenvalue weighted by Gasteiger charge is 2.22. The van der Waals surface area contributed by atoms with Crippen LogP contribution in [0.4, 0.5) is 11.5 Å². The zero-order valence-corrected chi connectivity index (χ0v) is 13.7. The van der Waals surface area contributed by atoms with Gasteiger partial charge in [0, 0.05) is 18.3 Å². The van der Waals surface area contributed by atoms with Gasteiger partial charge in [-0.3, -0.25) is 4.79 Å². The number of nitrogens with zero attached hydrogens (tertiary/aromatic N) is 3. The average molecular weight is 322 g/mol. The first kappa shape index (κ1) is 15.1. The monoisotopic (exact) mass is 322 g/mol. The number of fused-ring (bicyclic) bond motifs is 1. The summed E-state index contributed by atoms with van der Waals surface area (Å²) in [7, 11) is 0.